The summed E-state index contributed by atoms with van der Waals surface area (Å²) in [6.07, 6.45) is 3.16. The molecule has 5 nitrogen and oxygen atoms in total. The number of nitrogens with one attached hydrogen (secondary N) is 1. The molecule has 0 fully saturated rings. The van der Waals surface area contributed by atoms with Crippen molar-refractivity contribution < 1.29 is 0 Å². The van der Waals surface area contributed by atoms with Gasteiger partial charge < -0.3 is 11.6 Å². The van der Waals surface area contributed by atoms with E-state index in [4.69, 9.17) is 11.6 Å². The Kier molecular flexibility index (Phi) is 1.35. The van der Waals surface area contributed by atoms with Crippen LogP contribution >= 0.6 is 0 Å². The number of hydrogen-bond donors (Lipinski definition) is 3. The number of hydrazone groups is 1. The van der Waals surface area contributed by atoms with Gasteiger partial charge in [-0.3, -0.25) is 5.10 Å². The summed E-state index contributed by atoms with van der Waals surface area (Å²) < 4.78 is 0. The number of H-pyrrole nitrogens is 1. The average Bonchev–Trinajstić information content (AvgIpc) is 2.37. The van der Waals surface area contributed by atoms with Crippen molar-refractivity contribution >= 4 is 5.84 Å². The first-order valence-corrected chi connectivity index (χ1v) is 2.37. The van der Waals surface area contributed by atoms with E-state index in [2.05, 4.69) is 15.3 Å². The monoisotopic (exact) mass is 125 g/mol. The maximum absolute atomic E-state index is 5.30. The van der Waals surface area contributed by atoms with Crippen molar-refractivity contribution in [3.63, 3.8) is 0 Å². The maximum Gasteiger partial charge on any atom is 0.153 e. The highest BCUT2D eigenvalue weighted by molar-refractivity contribution is 5.96. The van der Waals surface area contributed by atoms with Crippen molar-refractivity contribution in [2.45, 2.75) is 0 Å². The molecule has 1 aromatic heterocycles. The summed E-state index contributed by atoms with van der Waals surface area (Å²) in [4.78, 5) is 0. The molecule has 0 aromatic carbocycles. The zero-order chi connectivity index (χ0) is 6.69. The Morgan fingerprint density at radius 1 is 1.78 bits per heavy atom. The van der Waals surface area contributed by atoms with Gasteiger partial charge in [-0.25, -0.2) is 0 Å². The van der Waals surface area contributed by atoms with Crippen LogP contribution in [0.4, 0.5) is 0 Å². The van der Waals surface area contributed by atoms with Crippen LogP contribution in [0.15, 0.2) is 17.5 Å². The average molecular weight is 125 g/mol. The lowest BCUT2D eigenvalue weighted by Gasteiger charge is -1.87. The van der Waals surface area contributed by atoms with E-state index in [0.717, 1.165) is 0 Å². The van der Waals surface area contributed by atoms with Gasteiger partial charge in [0.05, 0.1) is 11.8 Å². The number of aromatic nitrogens is 2. The summed E-state index contributed by atoms with van der Waals surface area (Å²) in [5.74, 6) is 5.17. The van der Waals surface area contributed by atoms with Crippen LogP contribution in [-0.4, -0.2) is 16.0 Å². The van der Waals surface area contributed by atoms with Crippen molar-refractivity contribution in [2.75, 3.05) is 0 Å². The molecule has 1 aromatic rings. The van der Waals surface area contributed by atoms with Crippen LogP contribution in [0, 0.1) is 0 Å². The topological polar surface area (TPSA) is 93.1 Å². The number of amidine groups is 1. The van der Waals surface area contributed by atoms with E-state index in [-0.39, 0.29) is 5.84 Å². The van der Waals surface area contributed by atoms with Crippen LogP contribution in [0.5, 0.6) is 0 Å². The smallest absolute Gasteiger partial charge is 0.153 e. The number of rotatable bonds is 1. The zero-order valence-electron chi connectivity index (χ0n) is 4.70. The minimum absolute atomic E-state index is 0.281. The van der Waals surface area contributed by atoms with Gasteiger partial charge in [-0.1, -0.05) is 0 Å². The Morgan fingerprint density at radius 2 is 2.56 bits per heavy atom. The second-order valence-electron chi connectivity index (χ2n) is 1.50. The highest BCUT2D eigenvalue weighted by Gasteiger charge is 1.95. The van der Waals surface area contributed by atoms with Gasteiger partial charge in [-0.2, -0.15) is 10.2 Å². The number of nitrogens with zero attached hydrogens (tertiary/aromatic N) is 2. The Bertz CT molecular complexity index is 199. The molecular weight excluding hydrogens is 118 g/mol. The first-order chi connectivity index (χ1) is 4.34. The summed E-state index contributed by atoms with van der Waals surface area (Å²) in [6, 6.07) is 0. The minimum atomic E-state index is 0.281. The molecule has 0 aliphatic heterocycles. The zero-order valence-corrected chi connectivity index (χ0v) is 4.70. The molecule has 0 atom stereocenters. The quantitative estimate of drug-likeness (QED) is 0.194. The highest BCUT2D eigenvalue weighted by atomic mass is 15.2. The van der Waals surface area contributed by atoms with Crippen LogP contribution in [0.3, 0.4) is 0 Å². The first-order valence-electron chi connectivity index (χ1n) is 2.37. The van der Waals surface area contributed by atoms with E-state index in [9.17, 15) is 0 Å². The van der Waals surface area contributed by atoms with E-state index in [1.807, 2.05) is 0 Å². The SMILES string of the molecule is NN=C(N)c1cn[nH]c1. The Balaban J connectivity index is 2.90. The molecule has 1 rings (SSSR count). The molecule has 0 unspecified atom stereocenters. The molecule has 9 heavy (non-hydrogen) atoms. The largest absolute Gasteiger partial charge is 0.382 e. The summed E-state index contributed by atoms with van der Waals surface area (Å²) in [5, 5.41) is 9.49. The standard InChI is InChI=1S/C4H7N5/c5-4(9-6)3-1-7-8-2-3/h1-2H,6H2,(H2,5,9)(H,7,8). The lowest BCUT2D eigenvalue weighted by molar-refractivity contribution is 1.09. The van der Waals surface area contributed by atoms with Gasteiger partial charge >= 0.3 is 0 Å². The number of aromatic amines is 1. The van der Waals surface area contributed by atoms with Crippen LogP contribution in [0.2, 0.25) is 0 Å². The van der Waals surface area contributed by atoms with Gasteiger partial charge in [-0.05, 0) is 0 Å². The third-order valence-corrected chi connectivity index (χ3v) is 0.933. The van der Waals surface area contributed by atoms with Crippen LogP contribution in [0.1, 0.15) is 5.56 Å². The first kappa shape index (κ1) is 5.61. The molecule has 0 aliphatic rings. The Hall–Kier alpha value is -1.52. The molecular formula is C4H7N5. The minimum Gasteiger partial charge on any atom is -0.382 e. The van der Waals surface area contributed by atoms with Gasteiger partial charge in [0.25, 0.3) is 0 Å². The molecule has 0 radical (unpaired) electrons. The fourth-order valence-corrected chi connectivity index (χ4v) is 0.466. The summed E-state index contributed by atoms with van der Waals surface area (Å²) in [7, 11) is 0. The fourth-order valence-electron chi connectivity index (χ4n) is 0.466. The van der Waals surface area contributed by atoms with E-state index in [1.54, 1.807) is 12.4 Å². The summed E-state index contributed by atoms with van der Waals surface area (Å²) in [5.41, 5.74) is 6.01. The molecule has 0 spiro atoms. The van der Waals surface area contributed by atoms with E-state index >= 15 is 0 Å². The molecule has 0 saturated heterocycles. The third kappa shape index (κ3) is 0.987. The normalized spacial score (nSPS) is 11.8. The molecule has 5 heteroatoms. The van der Waals surface area contributed by atoms with Crippen LogP contribution in [-0.2, 0) is 0 Å². The predicted octanol–water partition coefficient (Wildman–Crippen LogP) is -1.01. The molecule has 0 bridgehead atoms. The molecule has 0 aliphatic carbocycles. The van der Waals surface area contributed by atoms with Gasteiger partial charge in [0.2, 0.25) is 0 Å². The van der Waals surface area contributed by atoms with Gasteiger partial charge in [0.1, 0.15) is 0 Å². The van der Waals surface area contributed by atoms with Gasteiger partial charge in [0.15, 0.2) is 5.84 Å². The van der Waals surface area contributed by atoms with Crippen molar-refractivity contribution in [3.8, 4) is 0 Å². The second-order valence-corrected chi connectivity index (χ2v) is 1.50. The van der Waals surface area contributed by atoms with Crippen LogP contribution in [0.25, 0.3) is 0 Å². The second kappa shape index (κ2) is 2.17. The summed E-state index contributed by atoms with van der Waals surface area (Å²) >= 11 is 0. The highest BCUT2D eigenvalue weighted by Crippen LogP contribution is 1.89. The van der Waals surface area contributed by atoms with Crippen molar-refractivity contribution in [3.05, 3.63) is 18.0 Å². The predicted molar refractivity (Wildman–Crippen MR) is 33.5 cm³/mol. The van der Waals surface area contributed by atoms with E-state index in [0.29, 0.717) is 5.56 Å². The molecule has 5 N–H and O–H groups in total. The maximum atomic E-state index is 5.30. The van der Waals surface area contributed by atoms with E-state index < -0.39 is 0 Å². The molecule has 0 saturated carbocycles. The van der Waals surface area contributed by atoms with Crippen molar-refractivity contribution in [1.82, 2.24) is 10.2 Å². The number of nitrogens with two attached hydrogens (primary N) is 2. The van der Waals surface area contributed by atoms with Crippen LogP contribution < -0.4 is 11.6 Å². The lowest BCUT2D eigenvalue weighted by Crippen LogP contribution is -2.14. The van der Waals surface area contributed by atoms with Gasteiger partial charge in [0, 0.05) is 6.20 Å². The third-order valence-electron chi connectivity index (χ3n) is 0.933. The Labute approximate surface area is 51.7 Å². The molecule has 0 amide bonds. The Morgan fingerprint density at radius 3 is 3.00 bits per heavy atom. The van der Waals surface area contributed by atoms with Gasteiger partial charge in [-0.15, -0.1) is 0 Å². The summed E-state index contributed by atoms with van der Waals surface area (Å²) in [6.45, 7) is 0. The van der Waals surface area contributed by atoms with Crippen molar-refractivity contribution in [2.24, 2.45) is 16.7 Å². The fraction of sp³-hybridized carbons (Fsp3) is 0. The number of hydrogen-bond acceptors (Lipinski definition) is 3. The molecule has 1 heterocycles. The van der Waals surface area contributed by atoms with E-state index in [1.165, 1.54) is 0 Å². The lowest BCUT2D eigenvalue weighted by atomic mass is 10.3. The van der Waals surface area contributed by atoms with Crippen molar-refractivity contribution in [1.29, 1.82) is 0 Å². The molecule has 48 valence electrons.